The van der Waals surface area contributed by atoms with Gasteiger partial charge in [0, 0.05) is 45.0 Å². The minimum Gasteiger partial charge on any atom is -0.497 e. The van der Waals surface area contributed by atoms with Crippen molar-refractivity contribution in [2.24, 2.45) is 5.92 Å². The molecule has 2 aliphatic heterocycles. The molecule has 7 heteroatoms. The molecule has 2 aliphatic rings. The average molecular weight is 437 g/mol. The first-order valence-corrected chi connectivity index (χ1v) is 11.7. The molecule has 3 rings (SSSR count). The number of benzene rings is 1. The van der Waals surface area contributed by atoms with Crippen LogP contribution in [0.25, 0.3) is 0 Å². The van der Waals surface area contributed by atoms with Crippen LogP contribution in [-0.4, -0.2) is 92.4 Å². The number of aliphatic hydroxyl groups excluding tert-OH is 2. The number of rotatable bonds is 11. The fraction of sp³-hybridized carbons (Fsp3) is 0.750. The minimum absolute atomic E-state index is 0.199. The highest BCUT2D eigenvalue weighted by molar-refractivity contribution is 5.40. The Morgan fingerprint density at radius 2 is 1.94 bits per heavy atom. The Kier molecular flexibility index (Phi) is 9.87. The van der Waals surface area contributed by atoms with Crippen molar-refractivity contribution in [3.05, 3.63) is 23.8 Å². The highest BCUT2D eigenvalue weighted by Gasteiger charge is 2.20. The van der Waals surface area contributed by atoms with Crippen LogP contribution in [0.2, 0.25) is 0 Å². The third kappa shape index (κ3) is 8.24. The van der Waals surface area contributed by atoms with Crippen molar-refractivity contribution in [3.8, 4) is 11.5 Å². The lowest BCUT2D eigenvalue weighted by Gasteiger charge is -2.31. The van der Waals surface area contributed by atoms with Gasteiger partial charge in [0.25, 0.3) is 0 Å². The van der Waals surface area contributed by atoms with E-state index in [0.29, 0.717) is 6.54 Å². The first-order chi connectivity index (χ1) is 15.0. The fourth-order valence-corrected chi connectivity index (χ4v) is 4.39. The Morgan fingerprint density at radius 3 is 2.65 bits per heavy atom. The van der Waals surface area contributed by atoms with Gasteiger partial charge >= 0.3 is 0 Å². The van der Waals surface area contributed by atoms with Gasteiger partial charge < -0.3 is 34.2 Å². The number of β-amino-alcohol motifs (C(OH)–C–C–N with tert-alkyl or cyclic N) is 1. The summed E-state index contributed by atoms with van der Waals surface area (Å²) in [6, 6.07) is 5.86. The van der Waals surface area contributed by atoms with Crippen molar-refractivity contribution in [2.75, 3.05) is 60.2 Å². The van der Waals surface area contributed by atoms with Crippen molar-refractivity contribution in [2.45, 2.75) is 50.9 Å². The topological polar surface area (TPSA) is 74.6 Å². The van der Waals surface area contributed by atoms with E-state index in [1.165, 1.54) is 6.42 Å². The van der Waals surface area contributed by atoms with E-state index in [-0.39, 0.29) is 12.7 Å². The third-order valence-corrected chi connectivity index (χ3v) is 6.43. The van der Waals surface area contributed by atoms with Gasteiger partial charge in [0.15, 0.2) is 0 Å². The predicted octanol–water partition coefficient (Wildman–Crippen LogP) is 2.14. The van der Waals surface area contributed by atoms with Gasteiger partial charge in [0.2, 0.25) is 0 Å². The zero-order chi connectivity index (χ0) is 22.1. The van der Waals surface area contributed by atoms with Crippen LogP contribution >= 0.6 is 0 Å². The number of piperidine rings is 1. The average Bonchev–Trinajstić information content (AvgIpc) is 2.79. The predicted molar refractivity (Wildman–Crippen MR) is 121 cm³/mol. The normalized spacial score (nSPS) is 20.2. The van der Waals surface area contributed by atoms with E-state index in [9.17, 15) is 10.2 Å². The number of hydrogen-bond donors (Lipinski definition) is 2. The summed E-state index contributed by atoms with van der Waals surface area (Å²) in [4.78, 5) is 4.52. The molecule has 0 aromatic heterocycles. The molecule has 1 atom stereocenters. The lowest BCUT2D eigenvalue weighted by Crippen LogP contribution is -2.41. The number of methoxy groups -OCH3 is 1. The van der Waals surface area contributed by atoms with E-state index in [1.54, 1.807) is 7.11 Å². The Labute approximate surface area is 186 Å². The second-order valence-electron chi connectivity index (χ2n) is 9.05. The van der Waals surface area contributed by atoms with E-state index in [2.05, 4.69) is 16.8 Å². The standard InChI is InChI=1S/C24H40N2O5/c1-25(10-5-19-8-13-30-14-9-19)16-20-15-23(29-2)3-4-24(20)31-18-22(28)17-26-11-6-21(27)7-12-26/h3-4,15,19,21-22,27-28H,5-14,16-18H2,1-2H3. The van der Waals surface area contributed by atoms with E-state index in [4.69, 9.17) is 14.2 Å². The number of aliphatic hydroxyl groups is 2. The van der Waals surface area contributed by atoms with Crippen LogP contribution in [0.4, 0.5) is 0 Å². The molecule has 0 saturated carbocycles. The number of ether oxygens (including phenoxy) is 3. The van der Waals surface area contributed by atoms with Gasteiger partial charge in [0.05, 0.1) is 13.2 Å². The number of hydrogen-bond acceptors (Lipinski definition) is 7. The molecular formula is C24H40N2O5. The smallest absolute Gasteiger partial charge is 0.124 e. The zero-order valence-corrected chi connectivity index (χ0v) is 19.2. The number of nitrogens with zero attached hydrogens (tertiary/aromatic N) is 2. The second-order valence-corrected chi connectivity index (χ2v) is 9.05. The van der Waals surface area contributed by atoms with Crippen LogP contribution < -0.4 is 9.47 Å². The van der Waals surface area contributed by atoms with E-state index < -0.39 is 6.10 Å². The third-order valence-electron chi connectivity index (χ3n) is 6.43. The van der Waals surface area contributed by atoms with Gasteiger partial charge in [-0.2, -0.15) is 0 Å². The zero-order valence-electron chi connectivity index (χ0n) is 19.2. The molecule has 1 aromatic carbocycles. The van der Waals surface area contributed by atoms with Gasteiger partial charge in [-0.25, -0.2) is 0 Å². The van der Waals surface area contributed by atoms with E-state index in [1.807, 2.05) is 18.2 Å². The summed E-state index contributed by atoms with van der Waals surface area (Å²) in [6.07, 6.45) is 4.30. The Balaban J connectivity index is 1.49. The SMILES string of the molecule is COc1ccc(OCC(O)CN2CCC(O)CC2)c(CN(C)CCC2CCOCC2)c1. The van der Waals surface area contributed by atoms with E-state index >= 15 is 0 Å². The highest BCUT2D eigenvalue weighted by Crippen LogP contribution is 2.26. The largest absolute Gasteiger partial charge is 0.497 e. The molecule has 7 nitrogen and oxygen atoms in total. The summed E-state index contributed by atoms with van der Waals surface area (Å²) in [6.45, 7) is 6.06. The fourth-order valence-electron chi connectivity index (χ4n) is 4.39. The van der Waals surface area contributed by atoms with Crippen molar-refractivity contribution in [1.29, 1.82) is 0 Å². The molecule has 2 heterocycles. The van der Waals surface area contributed by atoms with Gasteiger partial charge in [-0.05, 0) is 69.8 Å². The summed E-state index contributed by atoms with van der Waals surface area (Å²) in [5, 5.41) is 20.1. The lowest BCUT2D eigenvalue weighted by atomic mass is 9.96. The molecule has 2 N–H and O–H groups in total. The van der Waals surface area contributed by atoms with Crippen molar-refractivity contribution >= 4 is 0 Å². The molecule has 2 saturated heterocycles. The minimum atomic E-state index is -0.559. The summed E-state index contributed by atoms with van der Waals surface area (Å²) in [7, 11) is 3.82. The molecule has 0 bridgehead atoms. The molecular weight excluding hydrogens is 396 g/mol. The van der Waals surface area contributed by atoms with Crippen LogP contribution in [0.15, 0.2) is 18.2 Å². The van der Waals surface area contributed by atoms with Crippen LogP contribution in [0.1, 0.15) is 37.7 Å². The number of likely N-dealkylation sites (tertiary alicyclic amines) is 1. The molecule has 0 spiro atoms. The van der Waals surface area contributed by atoms with Crippen molar-refractivity contribution in [3.63, 3.8) is 0 Å². The molecule has 31 heavy (non-hydrogen) atoms. The quantitative estimate of drug-likeness (QED) is 0.550. The second kappa shape index (κ2) is 12.6. The molecule has 2 fully saturated rings. The highest BCUT2D eigenvalue weighted by atomic mass is 16.5. The van der Waals surface area contributed by atoms with Crippen LogP contribution in [0.5, 0.6) is 11.5 Å². The summed E-state index contributed by atoms with van der Waals surface area (Å²) in [5.41, 5.74) is 1.07. The van der Waals surface area contributed by atoms with Crippen molar-refractivity contribution in [1.82, 2.24) is 9.80 Å². The molecule has 0 radical (unpaired) electrons. The van der Waals surface area contributed by atoms with Crippen LogP contribution in [0.3, 0.4) is 0 Å². The van der Waals surface area contributed by atoms with Gasteiger partial charge in [-0.15, -0.1) is 0 Å². The maximum atomic E-state index is 10.5. The van der Waals surface area contributed by atoms with Crippen molar-refractivity contribution < 1.29 is 24.4 Å². The monoisotopic (exact) mass is 436 g/mol. The molecule has 176 valence electrons. The maximum Gasteiger partial charge on any atom is 0.124 e. The first kappa shape index (κ1) is 24.3. The van der Waals surface area contributed by atoms with Gasteiger partial charge in [-0.1, -0.05) is 0 Å². The first-order valence-electron chi connectivity index (χ1n) is 11.7. The van der Waals surface area contributed by atoms with Crippen LogP contribution in [0, 0.1) is 5.92 Å². The maximum absolute atomic E-state index is 10.5. The van der Waals surface area contributed by atoms with Crippen LogP contribution in [-0.2, 0) is 11.3 Å². The molecule has 0 amide bonds. The van der Waals surface area contributed by atoms with Gasteiger partial charge in [-0.3, -0.25) is 0 Å². The molecule has 1 unspecified atom stereocenters. The summed E-state index contributed by atoms with van der Waals surface area (Å²) < 4.78 is 16.9. The Morgan fingerprint density at radius 1 is 1.19 bits per heavy atom. The molecule has 1 aromatic rings. The Hall–Kier alpha value is -1.38. The summed E-state index contributed by atoms with van der Waals surface area (Å²) >= 11 is 0. The van der Waals surface area contributed by atoms with E-state index in [0.717, 1.165) is 88.1 Å². The summed E-state index contributed by atoms with van der Waals surface area (Å²) in [5.74, 6) is 2.36. The van der Waals surface area contributed by atoms with Gasteiger partial charge in [0.1, 0.15) is 24.2 Å². The lowest BCUT2D eigenvalue weighted by molar-refractivity contribution is 0.0335. The molecule has 0 aliphatic carbocycles. The Bertz CT molecular complexity index is 645.